The number of carbonyl (C=O) groups excluding carboxylic acids is 1. The van der Waals surface area contributed by atoms with E-state index < -0.39 is 5.97 Å². The molecular weight excluding hydrogens is 404 g/mol. The van der Waals surface area contributed by atoms with Gasteiger partial charge in [-0.1, -0.05) is 32.0 Å². The van der Waals surface area contributed by atoms with Crippen molar-refractivity contribution in [2.75, 3.05) is 12.4 Å². The van der Waals surface area contributed by atoms with Crippen LogP contribution in [-0.4, -0.2) is 29.1 Å². The number of amides is 1. The molecule has 0 unspecified atom stereocenters. The minimum Gasteiger partial charge on any atom is -0.496 e. The summed E-state index contributed by atoms with van der Waals surface area (Å²) in [5, 5.41) is 12.4. The SMILES string of the molecule is COc1ccc(C(C)C)cc1-c1ccc2c(c1)NC(=O)C2=Cc1[nH]c(C)c(C(=O)O)c1C. The van der Waals surface area contributed by atoms with Crippen LogP contribution in [0.15, 0.2) is 36.4 Å². The van der Waals surface area contributed by atoms with Crippen LogP contribution in [0, 0.1) is 13.8 Å². The van der Waals surface area contributed by atoms with Gasteiger partial charge in [0.05, 0.1) is 18.2 Å². The second-order valence-electron chi connectivity index (χ2n) is 8.36. The molecule has 0 atom stereocenters. The number of fused-ring (bicyclic) bond motifs is 1. The number of aryl methyl sites for hydroxylation is 1. The molecule has 2 heterocycles. The number of methoxy groups -OCH3 is 1. The summed E-state index contributed by atoms with van der Waals surface area (Å²) in [4.78, 5) is 27.4. The van der Waals surface area contributed by atoms with Crippen LogP contribution in [0.2, 0.25) is 0 Å². The summed E-state index contributed by atoms with van der Waals surface area (Å²) >= 11 is 0. The quantitative estimate of drug-likeness (QED) is 0.458. The molecule has 0 bridgehead atoms. The van der Waals surface area contributed by atoms with Gasteiger partial charge in [-0.3, -0.25) is 4.79 Å². The van der Waals surface area contributed by atoms with Gasteiger partial charge in [0.15, 0.2) is 0 Å². The number of ether oxygens (including phenoxy) is 1. The molecule has 6 nitrogen and oxygen atoms in total. The molecule has 3 aromatic rings. The molecule has 32 heavy (non-hydrogen) atoms. The number of nitrogens with one attached hydrogen (secondary N) is 2. The maximum absolute atomic E-state index is 12.8. The highest BCUT2D eigenvalue weighted by molar-refractivity contribution is 6.35. The minimum absolute atomic E-state index is 0.219. The number of hydrogen-bond acceptors (Lipinski definition) is 3. The van der Waals surface area contributed by atoms with Crippen molar-refractivity contribution < 1.29 is 19.4 Å². The molecular formula is C26H26N2O4. The third-order valence-electron chi connectivity index (χ3n) is 5.98. The molecule has 0 saturated carbocycles. The lowest BCUT2D eigenvalue weighted by Gasteiger charge is -2.14. The smallest absolute Gasteiger partial charge is 0.337 e. The molecule has 1 aliphatic heterocycles. The molecule has 1 aliphatic rings. The Hall–Kier alpha value is -3.80. The van der Waals surface area contributed by atoms with Crippen LogP contribution in [0.1, 0.15) is 58.2 Å². The van der Waals surface area contributed by atoms with Crippen molar-refractivity contribution in [2.24, 2.45) is 0 Å². The Balaban J connectivity index is 1.78. The van der Waals surface area contributed by atoms with Gasteiger partial charge >= 0.3 is 5.97 Å². The van der Waals surface area contributed by atoms with Crippen molar-refractivity contribution in [1.29, 1.82) is 0 Å². The van der Waals surface area contributed by atoms with E-state index in [2.05, 4.69) is 36.3 Å². The first-order chi connectivity index (χ1) is 15.2. The van der Waals surface area contributed by atoms with E-state index in [1.807, 2.05) is 24.3 Å². The highest BCUT2D eigenvalue weighted by atomic mass is 16.5. The van der Waals surface area contributed by atoms with E-state index in [1.54, 1.807) is 27.0 Å². The lowest BCUT2D eigenvalue weighted by Crippen LogP contribution is -2.03. The number of rotatable bonds is 5. The molecule has 0 spiro atoms. The zero-order valence-electron chi connectivity index (χ0n) is 18.8. The van der Waals surface area contributed by atoms with Gasteiger partial charge in [0.1, 0.15) is 5.75 Å². The minimum atomic E-state index is -0.987. The fourth-order valence-electron chi connectivity index (χ4n) is 4.20. The molecule has 3 N–H and O–H groups in total. The number of aromatic amines is 1. The molecule has 0 aliphatic carbocycles. The zero-order chi connectivity index (χ0) is 23.2. The number of carboxylic acid groups (broad SMARTS) is 1. The van der Waals surface area contributed by atoms with Gasteiger partial charge in [-0.2, -0.15) is 0 Å². The second-order valence-corrected chi connectivity index (χ2v) is 8.36. The molecule has 4 rings (SSSR count). The van der Waals surface area contributed by atoms with Crippen molar-refractivity contribution in [3.63, 3.8) is 0 Å². The van der Waals surface area contributed by atoms with E-state index >= 15 is 0 Å². The lowest BCUT2D eigenvalue weighted by molar-refractivity contribution is -0.110. The van der Waals surface area contributed by atoms with Crippen molar-refractivity contribution >= 4 is 29.2 Å². The van der Waals surface area contributed by atoms with Crippen LogP contribution in [0.3, 0.4) is 0 Å². The van der Waals surface area contributed by atoms with E-state index in [4.69, 9.17) is 4.74 Å². The Kier molecular flexibility index (Phi) is 5.38. The van der Waals surface area contributed by atoms with Crippen LogP contribution >= 0.6 is 0 Å². The predicted molar refractivity (Wildman–Crippen MR) is 126 cm³/mol. The van der Waals surface area contributed by atoms with E-state index in [9.17, 15) is 14.7 Å². The van der Waals surface area contributed by atoms with Gasteiger partial charge in [0.2, 0.25) is 0 Å². The zero-order valence-corrected chi connectivity index (χ0v) is 18.8. The normalized spacial score (nSPS) is 14.1. The number of benzene rings is 2. The van der Waals surface area contributed by atoms with Crippen molar-refractivity contribution in [3.05, 3.63) is 70.0 Å². The average Bonchev–Trinajstić information content (AvgIpc) is 3.21. The van der Waals surface area contributed by atoms with Crippen LogP contribution < -0.4 is 10.1 Å². The Labute approximate surface area is 186 Å². The van der Waals surface area contributed by atoms with Gasteiger partial charge in [0.25, 0.3) is 5.91 Å². The van der Waals surface area contributed by atoms with Crippen LogP contribution in [0.4, 0.5) is 5.69 Å². The van der Waals surface area contributed by atoms with Crippen molar-refractivity contribution in [2.45, 2.75) is 33.6 Å². The summed E-state index contributed by atoms with van der Waals surface area (Å²) in [7, 11) is 1.65. The van der Waals surface area contributed by atoms with Gasteiger partial charge in [0, 0.05) is 28.2 Å². The van der Waals surface area contributed by atoms with Crippen molar-refractivity contribution in [3.8, 4) is 16.9 Å². The molecule has 0 fully saturated rings. The maximum Gasteiger partial charge on any atom is 0.337 e. The number of hydrogen-bond donors (Lipinski definition) is 3. The van der Waals surface area contributed by atoms with E-state index in [1.165, 1.54) is 5.56 Å². The first-order valence-corrected chi connectivity index (χ1v) is 10.5. The molecule has 1 aromatic heterocycles. The molecule has 2 aromatic carbocycles. The molecule has 1 amide bonds. The standard InChI is InChI=1S/C26H26N2O4/c1-13(2)16-7-9-23(32-5)19(10-16)17-6-8-18-20(25(29)28-22(18)11-17)12-21-14(3)24(26(30)31)15(4)27-21/h6-13,27H,1-5H3,(H,28,29)(H,30,31). The molecule has 0 radical (unpaired) electrons. The van der Waals surface area contributed by atoms with Crippen LogP contribution in [0.5, 0.6) is 5.75 Å². The van der Waals surface area contributed by atoms with Gasteiger partial charge in [-0.05, 0) is 60.7 Å². The average molecular weight is 431 g/mol. The highest BCUT2D eigenvalue weighted by Gasteiger charge is 2.26. The fraction of sp³-hybridized carbons (Fsp3) is 0.231. The lowest BCUT2D eigenvalue weighted by atomic mass is 9.95. The Morgan fingerprint density at radius 2 is 1.84 bits per heavy atom. The molecule has 164 valence electrons. The third-order valence-corrected chi connectivity index (χ3v) is 5.98. The van der Waals surface area contributed by atoms with E-state index in [-0.39, 0.29) is 11.5 Å². The number of anilines is 1. The topological polar surface area (TPSA) is 91.4 Å². The summed E-state index contributed by atoms with van der Waals surface area (Å²) < 4.78 is 5.57. The Morgan fingerprint density at radius 1 is 1.09 bits per heavy atom. The number of aromatic nitrogens is 1. The van der Waals surface area contributed by atoms with Gasteiger partial charge in [-0.15, -0.1) is 0 Å². The third kappa shape index (κ3) is 3.58. The first kappa shape index (κ1) is 21.4. The van der Waals surface area contributed by atoms with Gasteiger partial charge < -0.3 is 20.1 Å². The van der Waals surface area contributed by atoms with Crippen molar-refractivity contribution in [1.82, 2.24) is 4.98 Å². The summed E-state index contributed by atoms with van der Waals surface area (Å²) in [6, 6.07) is 12.0. The number of aromatic carboxylic acids is 1. The predicted octanol–water partition coefficient (Wildman–Crippen LogP) is 5.62. The van der Waals surface area contributed by atoms with Gasteiger partial charge in [-0.25, -0.2) is 4.79 Å². The fourth-order valence-corrected chi connectivity index (χ4v) is 4.20. The number of carbonyl (C=O) groups is 2. The first-order valence-electron chi connectivity index (χ1n) is 10.5. The number of carboxylic acids is 1. The molecule has 6 heteroatoms. The molecule has 0 saturated heterocycles. The Bertz CT molecular complexity index is 1280. The number of H-pyrrole nitrogens is 1. The largest absolute Gasteiger partial charge is 0.496 e. The van der Waals surface area contributed by atoms with Crippen LogP contribution in [0.25, 0.3) is 22.8 Å². The maximum atomic E-state index is 12.8. The monoisotopic (exact) mass is 430 g/mol. The summed E-state index contributed by atoms with van der Waals surface area (Å²) in [5.74, 6) is -0.0532. The Morgan fingerprint density at radius 3 is 2.47 bits per heavy atom. The van der Waals surface area contributed by atoms with E-state index in [0.29, 0.717) is 28.4 Å². The highest BCUT2D eigenvalue weighted by Crippen LogP contribution is 2.39. The van der Waals surface area contributed by atoms with Crippen LogP contribution in [-0.2, 0) is 4.79 Å². The second kappa shape index (κ2) is 8.04. The summed E-state index contributed by atoms with van der Waals surface area (Å²) in [6.07, 6.45) is 1.72. The summed E-state index contributed by atoms with van der Waals surface area (Å²) in [5.41, 5.74) is 7.14. The van der Waals surface area contributed by atoms with E-state index in [0.717, 1.165) is 28.1 Å². The summed E-state index contributed by atoms with van der Waals surface area (Å²) in [6.45, 7) is 7.74.